The summed E-state index contributed by atoms with van der Waals surface area (Å²) in [5, 5.41) is 8.80. The lowest BCUT2D eigenvalue weighted by atomic mass is 10.0. The predicted molar refractivity (Wildman–Crippen MR) is 50.1 cm³/mol. The number of hydrogen-bond donors (Lipinski definition) is 1. The zero-order valence-corrected chi connectivity index (χ0v) is 7.58. The SMILES string of the molecule is Cc1ccc(C(=O)O)cc1C1CC1. The Kier molecular flexibility index (Phi) is 1.83. The lowest BCUT2D eigenvalue weighted by molar-refractivity contribution is 0.0697. The Labute approximate surface area is 77.2 Å². The average Bonchev–Trinajstić information content (AvgIpc) is 2.87. The summed E-state index contributed by atoms with van der Waals surface area (Å²) >= 11 is 0. The molecular formula is C11H12O2. The van der Waals surface area contributed by atoms with Gasteiger partial charge in [-0.1, -0.05) is 6.07 Å². The molecule has 1 aliphatic carbocycles. The molecule has 0 amide bonds. The van der Waals surface area contributed by atoms with Gasteiger partial charge in [0.15, 0.2) is 0 Å². The molecule has 0 spiro atoms. The van der Waals surface area contributed by atoms with Gasteiger partial charge in [-0.25, -0.2) is 4.79 Å². The van der Waals surface area contributed by atoms with Gasteiger partial charge in [-0.3, -0.25) is 0 Å². The van der Waals surface area contributed by atoms with Gasteiger partial charge in [-0.2, -0.15) is 0 Å². The first-order chi connectivity index (χ1) is 6.18. The van der Waals surface area contributed by atoms with Gasteiger partial charge in [-0.15, -0.1) is 0 Å². The summed E-state index contributed by atoms with van der Waals surface area (Å²) < 4.78 is 0. The number of benzene rings is 1. The molecule has 2 rings (SSSR count). The molecule has 0 aromatic heterocycles. The molecule has 0 saturated heterocycles. The smallest absolute Gasteiger partial charge is 0.335 e. The monoisotopic (exact) mass is 176 g/mol. The molecule has 13 heavy (non-hydrogen) atoms. The fraction of sp³-hybridized carbons (Fsp3) is 0.364. The van der Waals surface area contributed by atoms with Crippen LogP contribution in [0.4, 0.5) is 0 Å². The van der Waals surface area contributed by atoms with E-state index < -0.39 is 5.97 Å². The van der Waals surface area contributed by atoms with Gasteiger partial charge in [0.25, 0.3) is 0 Å². The lowest BCUT2D eigenvalue weighted by Crippen LogP contribution is -1.98. The van der Waals surface area contributed by atoms with Crippen molar-refractivity contribution in [2.45, 2.75) is 25.7 Å². The Morgan fingerprint density at radius 1 is 1.46 bits per heavy atom. The predicted octanol–water partition coefficient (Wildman–Crippen LogP) is 2.57. The lowest BCUT2D eigenvalue weighted by Gasteiger charge is -2.04. The molecule has 0 bridgehead atoms. The van der Waals surface area contributed by atoms with E-state index >= 15 is 0 Å². The molecule has 1 aromatic carbocycles. The van der Waals surface area contributed by atoms with E-state index in [1.807, 2.05) is 19.1 Å². The topological polar surface area (TPSA) is 37.3 Å². The Balaban J connectivity index is 2.41. The Hall–Kier alpha value is -1.31. The molecule has 0 radical (unpaired) electrons. The van der Waals surface area contributed by atoms with Gasteiger partial charge in [0.2, 0.25) is 0 Å². The molecule has 2 heteroatoms. The summed E-state index contributed by atoms with van der Waals surface area (Å²) in [7, 11) is 0. The second kappa shape index (κ2) is 2.87. The van der Waals surface area contributed by atoms with Crippen molar-refractivity contribution >= 4 is 5.97 Å². The first kappa shape index (κ1) is 8.30. The number of hydrogen-bond acceptors (Lipinski definition) is 1. The van der Waals surface area contributed by atoms with E-state index in [-0.39, 0.29) is 0 Å². The highest BCUT2D eigenvalue weighted by molar-refractivity contribution is 5.88. The first-order valence-corrected chi connectivity index (χ1v) is 4.52. The molecule has 0 aliphatic heterocycles. The summed E-state index contributed by atoms with van der Waals surface area (Å²) in [5.74, 6) is -0.207. The van der Waals surface area contributed by atoms with Crippen molar-refractivity contribution in [3.05, 3.63) is 34.9 Å². The summed E-state index contributed by atoms with van der Waals surface area (Å²) in [6.45, 7) is 2.04. The van der Waals surface area contributed by atoms with Crippen LogP contribution in [-0.4, -0.2) is 11.1 Å². The first-order valence-electron chi connectivity index (χ1n) is 4.52. The highest BCUT2D eigenvalue weighted by atomic mass is 16.4. The quantitative estimate of drug-likeness (QED) is 0.751. The molecule has 1 saturated carbocycles. The molecule has 1 fully saturated rings. The van der Waals surface area contributed by atoms with Gasteiger partial charge >= 0.3 is 5.97 Å². The normalized spacial score (nSPS) is 15.8. The van der Waals surface area contributed by atoms with Crippen LogP contribution in [0.1, 0.15) is 40.2 Å². The van der Waals surface area contributed by atoms with Crippen molar-refractivity contribution in [3.63, 3.8) is 0 Å². The molecule has 68 valence electrons. The van der Waals surface area contributed by atoms with E-state index in [9.17, 15) is 4.79 Å². The summed E-state index contributed by atoms with van der Waals surface area (Å²) in [5.41, 5.74) is 2.85. The summed E-state index contributed by atoms with van der Waals surface area (Å²) in [6.07, 6.45) is 2.42. The number of aryl methyl sites for hydroxylation is 1. The van der Waals surface area contributed by atoms with Crippen molar-refractivity contribution in [1.82, 2.24) is 0 Å². The molecule has 0 atom stereocenters. The Morgan fingerprint density at radius 3 is 2.69 bits per heavy atom. The number of carboxylic acid groups (broad SMARTS) is 1. The van der Waals surface area contributed by atoms with Crippen molar-refractivity contribution < 1.29 is 9.90 Å². The molecule has 0 unspecified atom stereocenters. The minimum absolute atomic E-state index is 0.410. The molecular weight excluding hydrogens is 164 g/mol. The highest BCUT2D eigenvalue weighted by Gasteiger charge is 2.25. The molecule has 1 aromatic rings. The van der Waals surface area contributed by atoms with Gasteiger partial charge in [-0.05, 0) is 48.9 Å². The Bertz CT molecular complexity index is 351. The van der Waals surface area contributed by atoms with Gasteiger partial charge in [0.05, 0.1) is 5.56 Å². The van der Waals surface area contributed by atoms with Crippen LogP contribution in [0.3, 0.4) is 0 Å². The second-order valence-corrected chi connectivity index (χ2v) is 3.65. The maximum Gasteiger partial charge on any atom is 0.335 e. The summed E-state index contributed by atoms with van der Waals surface area (Å²) in [6, 6.07) is 5.38. The van der Waals surface area contributed by atoms with Crippen LogP contribution in [-0.2, 0) is 0 Å². The zero-order chi connectivity index (χ0) is 9.42. The van der Waals surface area contributed by atoms with Gasteiger partial charge < -0.3 is 5.11 Å². The standard InChI is InChI=1S/C11H12O2/c1-7-2-3-9(11(12)13)6-10(7)8-4-5-8/h2-3,6,8H,4-5H2,1H3,(H,12,13). The third kappa shape index (κ3) is 1.57. The number of rotatable bonds is 2. The largest absolute Gasteiger partial charge is 0.478 e. The fourth-order valence-corrected chi connectivity index (χ4v) is 1.61. The van der Waals surface area contributed by atoms with Crippen molar-refractivity contribution in [3.8, 4) is 0 Å². The van der Waals surface area contributed by atoms with Crippen LogP contribution in [0, 0.1) is 6.92 Å². The van der Waals surface area contributed by atoms with E-state index in [2.05, 4.69) is 0 Å². The number of aromatic carboxylic acids is 1. The molecule has 2 nitrogen and oxygen atoms in total. The second-order valence-electron chi connectivity index (χ2n) is 3.65. The number of carboxylic acids is 1. The average molecular weight is 176 g/mol. The van der Waals surface area contributed by atoms with Crippen LogP contribution >= 0.6 is 0 Å². The maximum atomic E-state index is 10.7. The number of carbonyl (C=O) groups is 1. The van der Waals surface area contributed by atoms with Gasteiger partial charge in [0.1, 0.15) is 0 Å². The van der Waals surface area contributed by atoms with Crippen LogP contribution in [0.2, 0.25) is 0 Å². The minimum Gasteiger partial charge on any atom is -0.478 e. The summed E-state index contributed by atoms with van der Waals surface area (Å²) in [4.78, 5) is 10.7. The fourth-order valence-electron chi connectivity index (χ4n) is 1.61. The van der Waals surface area contributed by atoms with E-state index in [0.29, 0.717) is 11.5 Å². The highest BCUT2D eigenvalue weighted by Crippen LogP contribution is 2.41. The van der Waals surface area contributed by atoms with Crippen LogP contribution in [0.15, 0.2) is 18.2 Å². The third-order valence-corrected chi connectivity index (χ3v) is 2.54. The molecule has 1 aliphatic rings. The van der Waals surface area contributed by atoms with Crippen molar-refractivity contribution in [2.24, 2.45) is 0 Å². The maximum absolute atomic E-state index is 10.7. The van der Waals surface area contributed by atoms with Crippen LogP contribution in [0.25, 0.3) is 0 Å². The van der Waals surface area contributed by atoms with E-state index in [0.717, 1.165) is 0 Å². The Morgan fingerprint density at radius 2 is 2.15 bits per heavy atom. The van der Waals surface area contributed by atoms with Gasteiger partial charge in [0, 0.05) is 0 Å². The third-order valence-electron chi connectivity index (χ3n) is 2.54. The molecule has 0 heterocycles. The van der Waals surface area contributed by atoms with E-state index in [1.54, 1.807) is 6.07 Å². The van der Waals surface area contributed by atoms with E-state index in [4.69, 9.17) is 5.11 Å². The van der Waals surface area contributed by atoms with Crippen LogP contribution < -0.4 is 0 Å². The van der Waals surface area contributed by atoms with Crippen LogP contribution in [0.5, 0.6) is 0 Å². The van der Waals surface area contributed by atoms with E-state index in [1.165, 1.54) is 24.0 Å². The van der Waals surface area contributed by atoms with Crippen molar-refractivity contribution in [1.29, 1.82) is 0 Å². The zero-order valence-electron chi connectivity index (χ0n) is 7.58. The minimum atomic E-state index is -0.832. The van der Waals surface area contributed by atoms with Crippen molar-refractivity contribution in [2.75, 3.05) is 0 Å². The molecule has 1 N–H and O–H groups in total.